The number of nitrogens with zero attached hydrogens (tertiary/aromatic N) is 3. The highest BCUT2D eigenvalue weighted by Crippen LogP contribution is 2.32. The molecule has 0 aromatic heterocycles. The topological polar surface area (TPSA) is 142 Å². The van der Waals surface area contributed by atoms with Gasteiger partial charge in [-0.05, 0) is 82.7 Å². The average molecular weight is 659 g/mol. The summed E-state index contributed by atoms with van der Waals surface area (Å²) in [5.41, 5.74) is 1.30. The fourth-order valence-corrected chi connectivity index (χ4v) is 5.39. The second-order valence-corrected chi connectivity index (χ2v) is 11.6. The van der Waals surface area contributed by atoms with Gasteiger partial charge in [0.1, 0.15) is 11.5 Å². The van der Waals surface area contributed by atoms with E-state index in [1.807, 2.05) is 0 Å². The largest absolute Gasteiger partial charge is 0.507 e. The number of non-ortho nitro benzene ring substituents is 1. The molecule has 4 aromatic rings. The normalized spacial score (nSPS) is 11.8. The summed E-state index contributed by atoms with van der Waals surface area (Å²) in [6.45, 7) is 0. The highest BCUT2D eigenvalue weighted by molar-refractivity contribution is 9.10. The molecule has 0 fully saturated rings. The van der Waals surface area contributed by atoms with Gasteiger partial charge in [0.2, 0.25) is 9.84 Å². The number of hydrogen-bond donors (Lipinski definition) is 2. The van der Waals surface area contributed by atoms with E-state index in [4.69, 9.17) is 0 Å². The van der Waals surface area contributed by atoms with Crippen LogP contribution in [-0.2, 0) is 9.84 Å². The van der Waals surface area contributed by atoms with Crippen molar-refractivity contribution in [2.24, 2.45) is 9.98 Å². The molecule has 0 atom stereocenters. The van der Waals surface area contributed by atoms with E-state index in [1.54, 1.807) is 24.3 Å². The Kier molecular flexibility index (Phi) is 8.05. The Morgan fingerprint density at radius 1 is 0.763 bits per heavy atom. The SMILES string of the molecule is O=[N+]([O-])c1cc(Br)c(O)c(C=Nc2ccc(S(=O)(=O)c3ccc(N=Cc4cc(Br)ccc4O)cc3)cc2)c1. The van der Waals surface area contributed by atoms with Gasteiger partial charge in [0.25, 0.3) is 5.69 Å². The molecule has 9 nitrogen and oxygen atoms in total. The summed E-state index contributed by atoms with van der Waals surface area (Å²) >= 11 is 6.40. The molecular formula is C26H17Br2N3O6S. The number of aliphatic imine (C=N–C) groups is 2. The minimum Gasteiger partial charge on any atom is -0.507 e. The molecule has 0 radical (unpaired) electrons. The van der Waals surface area contributed by atoms with Gasteiger partial charge >= 0.3 is 0 Å². The molecule has 0 heterocycles. The van der Waals surface area contributed by atoms with Crippen LogP contribution in [-0.4, -0.2) is 36.0 Å². The maximum absolute atomic E-state index is 13.1. The number of nitro benzene ring substituents is 1. The van der Waals surface area contributed by atoms with E-state index in [9.17, 15) is 28.7 Å². The monoisotopic (exact) mass is 657 g/mol. The molecule has 4 rings (SSSR count). The first-order valence-corrected chi connectivity index (χ1v) is 13.8. The summed E-state index contributed by atoms with van der Waals surface area (Å²) in [6.07, 6.45) is 2.73. The van der Waals surface area contributed by atoms with Crippen LogP contribution in [0, 0.1) is 10.1 Å². The van der Waals surface area contributed by atoms with Gasteiger partial charge in [-0.1, -0.05) is 15.9 Å². The number of nitro groups is 1. The third-order valence-corrected chi connectivity index (χ3v) is 8.16. The number of benzene rings is 4. The Hall–Kier alpha value is -3.87. The predicted molar refractivity (Wildman–Crippen MR) is 151 cm³/mol. The third-order valence-electron chi connectivity index (χ3n) is 5.28. The fourth-order valence-electron chi connectivity index (χ4n) is 3.28. The Balaban J connectivity index is 1.51. The van der Waals surface area contributed by atoms with Crippen molar-refractivity contribution in [3.05, 3.63) is 109 Å². The van der Waals surface area contributed by atoms with Gasteiger partial charge in [-0.15, -0.1) is 0 Å². The first-order valence-electron chi connectivity index (χ1n) is 10.7. The predicted octanol–water partition coefficient (Wildman–Crippen LogP) is 6.87. The van der Waals surface area contributed by atoms with E-state index in [-0.39, 0.29) is 37.0 Å². The van der Waals surface area contributed by atoms with Crippen LogP contribution in [0.1, 0.15) is 11.1 Å². The summed E-state index contributed by atoms with van der Waals surface area (Å²) in [4.78, 5) is 19.1. The lowest BCUT2D eigenvalue weighted by Crippen LogP contribution is -2.01. The molecule has 0 saturated heterocycles. The zero-order chi connectivity index (χ0) is 27.4. The van der Waals surface area contributed by atoms with Gasteiger partial charge in [-0.3, -0.25) is 20.1 Å². The van der Waals surface area contributed by atoms with E-state index in [0.29, 0.717) is 16.9 Å². The lowest BCUT2D eigenvalue weighted by molar-refractivity contribution is -0.385. The first kappa shape index (κ1) is 27.2. The number of hydrogen-bond acceptors (Lipinski definition) is 8. The summed E-state index contributed by atoms with van der Waals surface area (Å²) in [7, 11) is -3.82. The minimum atomic E-state index is -3.82. The van der Waals surface area contributed by atoms with Gasteiger partial charge in [0, 0.05) is 40.2 Å². The summed E-state index contributed by atoms with van der Waals surface area (Å²) in [6, 6.07) is 19.1. The van der Waals surface area contributed by atoms with Crippen molar-refractivity contribution in [2.75, 3.05) is 0 Å². The second-order valence-electron chi connectivity index (χ2n) is 7.83. The number of sulfone groups is 1. The molecular weight excluding hydrogens is 642 g/mol. The smallest absolute Gasteiger partial charge is 0.271 e. The van der Waals surface area contributed by atoms with Gasteiger partial charge < -0.3 is 10.2 Å². The molecule has 0 aliphatic heterocycles. The van der Waals surface area contributed by atoms with Gasteiger partial charge in [0.05, 0.1) is 30.6 Å². The molecule has 0 aliphatic rings. The number of phenolic OH excluding ortho intramolecular Hbond substituents is 2. The molecule has 38 heavy (non-hydrogen) atoms. The van der Waals surface area contributed by atoms with E-state index >= 15 is 0 Å². The van der Waals surface area contributed by atoms with Gasteiger partial charge in [0.15, 0.2) is 0 Å². The molecule has 0 amide bonds. The van der Waals surface area contributed by atoms with Crippen LogP contribution in [0.2, 0.25) is 0 Å². The molecule has 192 valence electrons. The van der Waals surface area contributed by atoms with Crippen LogP contribution in [0.4, 0.5) is 17.1 Å². The summed E-state index contributed by atoms with van der Waals surface area (Å²) in [5, 5.41) is 31.1. The van der Waals surface area contributed by atoms with Crippen molar-refractivity contribution < 1.29 is 23.6 Å². The zero-order valence-corrected chi connectivity index (χ0v) is 23.2. The standard InChI is InChI=1S/C26H17Br2N3O6S/c27-18-1-10-25(32)16(11-18)14-29-19-2-6-22(7-3-19)38(36,37)23-8-4-20(5-9-23)30-15-17-12-21(31(34)35)13-24(28)26(17)33/h1-15,32-33H. The molecule has 0 bridgehead atoms. The molecule has 12 heteroatoms. The molecule has 0 spiro atoms. The van der Waals surface area contributed by atoms with Crippen molar-refractivity contribution in [1.82, 2.24) is 0 Å². The molecule has 2 N–H and O–H groups in total. The molecule has 4 aromatic carbocycles. The highest BCUT2D eigenvalue weighted by Gasteiger charge is 2.18. The van der Waals surface area contributed by atoms with Gasteiger partial charge in [-0.25, -0.2) is 8.42 Å². The van der Waals surface area contributed by atoms with E-state index < -0.39 is 14.8 Å². The molecule has 0 aliphatic carbocycles. The van der Waals surface area contributed by atoms with E-state index in [2.05, 4.69) is 41.8 Å². The van der Waals surface area contributed by atoms with Crippen LogP contribution in [0.3, 0.4) is 0 Å². The molecule has 0 unspecified atom stereocenters. The highest BCUT2D eigenvalue weighted by atomic mass is 79.9. The fraction of sp³-hybridized carbons (Fsp3) is 0. The van der Waals surface area contributed by atoms with Crippen LogP contribution in [0.15, 0.2) is 108 Å². The van der Waals surface area contributed by atoms with Crippen molar-refractivity contribution in [3.8, 4) is 11.5 Å². The number of rotatable bonds is 7. The third kappa shape index (κ3) is 6.15. The maximum Gasteiger partial charge on any atom is 0.271 e. The maximum atomic E-state index is 13.1. The molecule has 0 saturated carbocycles. The van der Waals surface area contributed by atoms with Crippen LogP contribution in [0.25, 0.3) is 0 Å². The number of aromatic hydroxyl groups is 2. The van der Waals surface area contributed by atoms with E-state index in [1.165, 1.54) is 67.0 Å². The van der Waals surface area contributed by atoms with Crippen LogP contribution < -0.4 is 0 Å². The van der Waals surface area contributed by atoms with Crippen molar-refractivity contribution >= 4 is 71.2 Å². The lowest BCUT2D eigenvalue weighted by Gasteiger charge is -2.06. The Bertz CT molecular complexity index is 1690. The summed E-state index contributed by atoms with van der Waals surface area (Å²) in [5.74, 6) is -0.140. The summed E-state index contributed by atoms with van der Waals surface area (Å²) < 4.78 is 27.1. The quantitative estimate of drug-likeness (QED) is 0.126. The number of halogens is 2. The Morgan fingerprint density at radius 2 is 1.29 bits per heavy atom. The Labute approximate surface area is 234 Å². The average Bonchev–Trinajstić information content (AvgIpc) is 2.90. The van der Waals surface area contributed by atoms with Crippen LogP contribution in [0.5, 0.6) is 11.5 Å². The Morgan fingerprint density at radius 3 is 1.82 bits per heavy atom. The van der Waals surface area contributed by atoms with E-state index in [0.717, 1.165) is 4.47 Å². The zero-order valence-electron chi connectivity index (χ0n) is 19.2. The van der Waals surface area contributed by atoms with Crippen LogP contribution >= 0.6 is 31.9 Å². The number of phenols is 2. The minimum absolute atomic E-state index is 0.0488. The van der Waals surface area contributed by atoms with Crippen molar-refractivity contribution in [1.29, 1.82) is 0 Å². The van der Waals surface area contributed by atoms with Crippen molar-refractivity contribution in [2.45, 2.75) is 9.79 Å². The van der Waals surface area contributed by atoms with Crippen molar-refractivity contribution in [3.63, 3.8) is 0 Å². The lowest BCUT2D eigenvalue weighted by atomic mass is 10.2. The first-order chi connectivity index (χ1) is 18.0. The van der Waals surface area contributed by atoms with Gasteiger partial charge in [-0.2, -0.15) is 0 Å². The second kappa shape index (κ2) is 11.3.